The van der Waals surface area contributed by atoms with Crippen LogP contribution in [-0.4, -0.2) is 34.5 Å². The molecular weight excluding hydrogens is 298 g/mol. The molecule has 1 heterocycles. The smallest absolute Gasteiger partial charge is 0.332 e. The van der Waals surface area contributed by atoms with E-state index in [1.54, 1.807) is 37.2 Å². The Morgan fingerprint density at radius 3 is 2.09 bits per heavy atom. The Balaban J connectivity index is 4.09. The van der Waals surface area contributed by atoms with Gasteiger partial charge in [-0.3, -0.25) is 13.9 Å². The number of nitriles is 3. The van der Waals surface area contributed by atoms with Crippen molar-refractivity contribution in [3.8, 4) is 18.2 Å². The minimum Gasteiger partial charge on any atom is -0.369 e. The molecule has 1 rings (SSSR count). The molecule has 1 aromatic heterocycles. The van der Waals surface area contributed by atoms with Crippen LogP contribution in [0, 0.1) is 34.0 Å². The van der Waals surface area contributed by atoms with E-state index in [1.165, 1.54) is 20.4 Å². The summed E-state index contributed by atoms with van der Waals surface area (Å²) in [5.41, 5.74) is -2.66. The zero-order chi connectivity index (χ0) is 17.7. The van der Waals surface area contributed by atoms with Crippen molar-refractivity contribution in [1.29, 1.82) is 15.8 Å². The second kappa shape index (κ2) is 6.88. The van der Waals surface area contributed by atoms with E-state index in [0.29, 0.717) is 0 Å². The van der Waals surface area contributed by atoms with Gasteiger partial charge in [0.1, 0.15) is 29.3 Å². The molecule has 0 spiro atoms. The maximum Gasteiger partial charge on any atom is 0.332 e. The highest BCUT2D eigenvalue weighted by Gasteiger charge is 2.22. The van der Waals surface area contributed by atoms with Crippen molar-refractivity contribution in [1.82, 2.24) is 14.0 Å². The van der Waals surface area contributed by atoms with Crippen LogP contribution in [0.2, 0.25) is 0 Å². The molecule has 9 heteroatoms. The van der Waals surface area contributed by atoms with Crippen LogP contribution in [0.25, 0.3) is 5.57 Å². The third-order valence-corrected chi connectivity index (χ3v) is 2.88. The summed E-state index contributed by atoms with van der Waals surface area (Å²) in [5, 5.41) is 27.2. The molecule has 0 aromatic carbocycles. The molecule has 0 unspecified atom stereocenters. The molecule has 0 N–H and O–H groups in total. The van der Waals surface area contributed by atoms with Gasteiger partial charge >= 0.3 is 5.69 Å². The number of rotatable bonds is 3. The van der Waals surface area contributed by atoms with Crippen LogP contribution in [0.3, 0.4) is 0 Å². The standard InChI is InChI=1S/C14H13N7O2/c1-19(2)8-18-12-11(10(7-17)9(5-15)6-16)13(22)21(4)14(23)20(12)3/h8H,1-4H3. The van der Waals surface area contributed by atoms with E-state index < -0.39 is 22.4 Å². The lowest BCUT2D eigenvalue weighted by Crippen LogP contribution is -2.38. The van der Waals surface area contributed by atoms with Crippen molar-refractivity contribution < 1.29 is 0 Å². The zero-order valence-corrected chi connectivity index (χ0v) is 13.0. The first-order valence-corrected chi connectivity index (χ1v) is 6.25. The van der Waals surface area contributed by atoms with Crippen molar-refractivity contribution in [2.24, 2.45) is 19.1 Å². The molecule has 0 fully saturated rings. The van der Waals surface area contributed by atoms with Crippen LogP contribution in [0.4, 0.5) is 5.82 Å². The average molecular weight is 311 g/mol. The Labute approximate surface area is 131 Å². The fourth-order valence-corrected chi connectivity index (χ4v) is 1.75. The predicted octanol–water partition coefficient (Wildman–Crippen LogP) is -0.370. The molecule has 116 valence electrons. The number of allylic oxidation sites excluding steroid dienone is 2. The van der Waals surface area contributed by atoms with Crippen LogP contribution < -0.4 is 11.2 Å². The topological polar surface area (TPSA) is 131 Å². The monoisotopic (exact) mass is 311 g/mol. The summed E-state index contributed by atoms with van der Waals surface area (Å²) >= 11 is 0. The zero-order valence-electron chi connectivity index (χ0n) is 13.0. The van der Waals surface area contributed by atoms with Gasteiger partial charge < -0.3 is 4.90 Å². The van der Waals surface area contributed by atoms with E-state index in [1.807, 2.05) is 0 Å². The average Bonchev–Trinajstić information content (AvgIpc) is 2.53. The fourth-order valence-electron chi connectivity index (χ4n) is 1.75. The SMILES string of the molecule is CN(C)C=Nc1c(C(C#N)=C(C#N)C#N)c(=O)n(C)c(=O)n1C. The molecule has 0 aliphatic carbocycles. The highest BCUT2D eigenvalue weighted by atomic mass is 16.2. The summed E-state index contributed by atoms with van der Waals surface area (Å²) < 4.78 is 1.86. The first kappa shape index (κ1) is 17.4. The number of aliphatic imine (C=N–C) groups is 1. The number of nitrogens with zero attached hydrogens (tertiary/aromatic N) is 7. The molecule has 0 amide bonds. The number of aromatic nitrogens is 2. The van der Waals surface area contributed by atoms with E-state index in [2.05, 4.69) is 4.99 Å². The third-order valence-electron chi connectivity index (χ3n) is 2.88. The highest BCUT2D eigenvalue weighted by Crippen LogP contribution is 2.23. The van der Waals surface area contributed by atoms with Gasteiger partial charge in [0.15, 0.2) is 5.82 Å². The van der Waals surface area contributed by atoms with Crippen molar-refractivity contribution in [2.75, 3.05) is 14.1 Å². The van der Waals surface area contributed by atoms with Crippen LogP contribution in [0.15, 0.2) is 20.2 Å². The maximum absolute atomic E-state index is 12.4. The van der Waals surface area contributed by atoms with Crippen molar-refractivity contribution >= 4 is 17.7 Å². The van der Waals surface area contributed by atoms with E-state index in [4.69, 9.17) is 10.5 Å². The van der Waals surface area contributed by atoms with Gasteiger partial charge in [0, 0.05) is 28.2 Å². The second-order valence-corrected chi connectivity index (χ2v) is 4.70. The van der Waals surface area contributed by atoms with Crippen molar-refractivity contribution in [3.63, 3.8) is 0 Å². The summed E-state index contributed by atoms with van der Waals surface area (Å²) in [7, 11) is 5.97. The predicted molar refractivity (Wildman–Crippen MR) is 82.5 cm³/mol. The Kier molecular flexibility index (Phi) is 5.21. The van der Waals surface area contributed by atoms with E-state index in [-0.39, 0.29) is 11.4 Å². The van der Waals surface area contributed by atoms with Crippen LogP contribution in [0.1, 0.15) is 5.56 Å². The Bertz CT molecular complexity index is 924. The lowest BCUT2D eigenvalue weighted by molar-refractivity contribution is 0.639. The Morgan fingerprint density at radius 1 is 1.09 bits per heavy atom. The molecule has 1 aromatic rings. The number of hydrogen-bond acceptors (Lipinski definition) is 6. The van der Waals surface area contributed by atoms with Gasteiger partial charge in [-0.25, -0.2) is 9.79 Å². The van der Waals surface area contributed by atoms with E-state index >= 15 is 0 Å². The molecule has 0 bridgehead atoms. The Hall–Kier alpha value is -3.64. The van der Waals surface area contributed by atoms with E-state index in [9.17, 15) is 14.9 Å². The van der Waals surface area contributed by atoms with Gasteiger partial charge in [-0.05, 0) is 0 Å². The minimum atomic E-state index is -0.807. The lowest BCUT2D eigenvalue weighted by atomic mass is 10.0. The molecule has 0 saturated carbocycles. The molecule has 0 atom stereocenters. The van der Waals surface area contributed by atoms with Gasteiger partial charge in [-0.15, -0.1) is 0 Å². The molecule has 0 radical (unpaired) electrons. The fraction of sp³-hybridized carbons (Fsp3) is 0.286. The molecule has 0 aliphatic heterocycles. The lowest BCUT2D eigenvalue weighted by Gasteiger charge is -2.12. The van der Waals surface area contributed by atoms with Crippen LogP contribution >= 0.6 is 0 Å². The van der Waals surface area contributed by atoms with Gasteiger partial charge in [0.25, 0.3) is 5.56 Å². The first-order chi connectivity index (χ1) is 10.8. The normalized spacial score (nSPS) is 9.78. The van der Waals surface area contributed by atoms with E-state index in [0.717, 1.165) is 9.13 Å². The quantitative estimate of drug-likeness (QED) is 0.425. The first-order valence-electron chi connectivity index (χ1n) is 6.25. The highest BCUT2D eigenvalue weighted by molar-refractivity contribution is 5.88. The van der Waals surface area contributed by atoms with Gasteiger partial charge in [-0.1, -0.05) is 0 Å². The van der Waals surface area contributed by atoms with Crippen molar-refractivity contribution in [3.05, 3.63) is 32.0 Å². The molecule has 23 heavy (non-hydrogen) atoms. The molecule has 0 aliphatic rings. The third kappa shape index (κ3) is 3.17. The molecule has 9 nitrogen and oxygen atoms in total. The summed E-state index contributed by atoms with van der Waals surface area (Å²) in [6.45, 7) is 0. The summed E-state index contributed by atoms with van der Waals surface area (Å²) in [6, 6.07) is 4.83. The summed E-state index contributed by atoms with van der Waals surface area (Å²) in [6.07, 6.45) is 1.34. The van der Waals surface area contributed by atoms with Crippen LogP contribution in [-0.2, 0) is 14.1 Å². The Morgan fingerprint density at radius 2 is 1.65 bits per heavy atom. The van der Waals surface area contributed by atoms with Crippen LogP contribution in [0.5, 0.6) is 0 Å². The largest absolute Gasteiger partial charge is 0.369 e. The van der Waals surface area contributed by atoms with Gasteiger partial charge in [0.05, 0.1) is 11.9 Å². The van der Waals surface area contributed by atoms with Crippen molar-refractivity contribution in [2.45, 2.75) is 0 Å². The second-order valence-electron chi connectivity index (χ2n) is 4.70. The van der Waals surface area contributed by atoms with Gasteiger partial charge in [0.2, 0.25) is 0 Å². The molecule has 0 saturated heterocycles. The van der Waals surface area contributed by atoms with Gasteiger partial charge in [-0.2, -0.15) is 15.8 Å². The summed E-state index contributed by atoms with van der Waals surface area (Å²) in [5.74, 6) is -0.105. The minimum absolute atomic E-state index is 0.105. The number of hydrogen-bond donors (Lipinski definition) is 0. The summed E-state index contributed by atoms with van der Waals surface area (Å²) in [4.78, 5) is 30.0. The maximum atomic E-state index is 12.4. The molecular formula is C14H13N7O2.